The molecule has 2 rings (SSSR count). The minimum atomic E-state index is -0.606. The SMILES string of the molecule is CCCC(C#N)N(C)[C@H]1COC(C)(C)O[C@H]1c1ccccc1. The van der Waals surface area contributed by atoms with Crippen LogP contribution in [0.15, 0.2) is 30.3 Å². The fraction of sp³-hybridized carbons (Fsp3) is 0.611. The molecule has 22 heavy (non-hydrogen) atoms. The third-order valence-electron chi connectivity index (χ3n) is 4.22. The van der Waals surface area contributed by atoms with Gasteiger partial charge < -0.3 is 9.47 Å². The third kappa shape index (κ3) is 3.86. The molecule has 4 nitrogen and oxygen atoms in total. The van der Waals surface area contributed by atoms with Gasteiger partial charge in [0.15, 0.2) is 5.79 Å². The standard InChI is InChI=1S/C18H26N2O2/c1-5-9-15(12-19)20(4)16-13-21-18(2,3)22-17(16)14-10-7-6-8-11-14/h6-8,10-11,15-17H,5,9,13H2,1-4H3/t15?,16-,17-/m0/s1. The summed E-state index contributed by atoms with van der Waals surface area (Å²) in [5, 5.41) is 9.44. The number of benzene rings is 1. The Morgan fingerprint density at radius 1 is 1.36 bits per heavy atom. The maximum atomic E-state index is 9.44. The molecule has 4 heteroatoms. The van der Waals surface area contributed by atoms with Gasteiger partial charge in [-0.15, -0.1) is 0 Å². The van der Waals surface area contributed by atoms with Gasteiger partial charge in [-0.1, -0.05) is 43.7 Å². The van der Waals surface area contributed by atoms with Gasteiger partial charge >= 0.3 is 0 Å². The number of likely N-dealkylation sites (N-methyl/N-ethyl adjacent to an activating group) is 1. The maximum absolute atomic E-state index is 9.44. The van der Waals surface area contributed by atoms with Gasteiger partial charge in [-0.25, -0.2) is 0 Å². The third-order valence-corrected chi connectivity index (χ3v) is 4.22. The zero-order valence-electron chi connectivity index (χ0n) is 14.0. The van der Waals surface area contributed by atoms with Crippen LogP contribution in [0.25, 0.3) is 0 Å². The van der Waals surface area contributed by atoms with E-state index < -0.39 is 5.79 Å². The van der Waals surface area contributed by atoms with Gasteiger partial charge in [0.25, 0.3) is 0 Å². The summed E-state index contributed by atoms with van der Waals surface area (Å²) in [5.74, 6) is -0.606. The van der Waals surface area contributed by atoms with E-state index in [-0.39, 0.29) is 18.2 Å². The zero-order chi connectivity index (χ0) is 16.2. The van der Waals surface area contributed by atoms with Crippen molar-refractivity contribution in [3.05, 3.63) is 35.9 Å². The molecule has 0 spiro atoms. The predicted molar refractivity (Wildman–Crippen MR) is 86.2 cm³/mol. The Morgan fingerprint density at radius 3 is 2.64 bits per heavy atom. The van der Waals surface area contributed by atoms with Crippen LogP contribution >= 0.6 is 0 Å². The highest BCUT2D eigenvalue weighted by Gasteiger charge is 2.40. The smallest absolute Gasteiger partial charge is 0.163 e. The molecule has 0 amide bonds. The summed E-state index contributed by atoms with van der Waals surface area (Å²) in [6.07, 6.45) is 1.75. The fourth-order valence-electron chi connectivity index (χ4n) is 2.92. The van der Waals surface area contributed by atoms with Crippen LogP contribution in [0, 0.1) is 11.3 Å². The molecule has 0 saturated carbocycles. The van der Waals surface area contributed by atoms with Gasteiger partial charge in [0.2, 0.25) is 0 Å². The summed E-state index contributed by atoms with van der Waals surface area (Å²) in [7, 11) is 2.00. The topological polar surface area (TPSA) is 45.5 Å². The molecule has 1 heterocycles. The number of hydrogen-bond acceptors (Lipinski definition) is 4. The number of nitriles is 1. The molecule has 1 aliphatic heterocycles. The van der Waals surface area contributed by atoms with Crippen LogP contribution in [0.4, 0.5) is 0 Å². The fourth-order valence-corrected chi connectivity index (χ4v) is 2.92. The molecule has 1 aromatic rings. The van der Waals surface area contributed by atoms with Crippen molar-refractivity contribution in [1.82, 2.24) is 4.90 Å². The molecular weight excluding hydrogens is 276 g/mol. The van der Waals surface area contributed by atoms with Crippen LogP contribution in [0.1, 0.15) is 45.3 Å². The van der Waals surface area contributed by atoms with E-state index in [1.54, 1.807) is 0 Å². The predicted octanol–water partition coefficient (Wildman–Crippen LogP) is 3.50. The molecule has 1 saturated heterocycles. The first-order valence-electron chi connectivity index (χ1n) is 7.96. The van der Waals surface area contributed by atoms with Crippen LogP contribution in [-0.4, -0.2) is 36.4 Å². The molecule has 0 bridgehead atoms. The lowest BCUT2D eigenvalue weighted by Gasteiger charge is -2.45. The largest absolute Gasteiger partial charge is 0.349 e. The molecule has 0 aliphatic carbocycles. The molecular formula is C18H26N2O2. The van der Waals surface area contributed by atoms with Crippen LogP contribution in [-0.2, 0) is 9.47 Å². The Morgan fingerprint density at radius 2 is 2.05 bits per heavy atom. The first kappa shape index (κ1) is 17.0. The Hall–Kier alpha value is -1.41. The second-order valence-corrected chi connectivity index (χ2v) is 6.33. The summed E-state index contributed by atoms with van der Waals surface area (Å²) >= 11 is 0. The molecule has 120 valence electrons. The molecule has 1 fully saturated rings. The van der Waals surface area contributed by atoms with E-state index in [1.165, 1.54) is 0 Å². The second-order valence-electron chi connectivity index (χ2n) is 6.33. The van der Waals surface area contributed by atoms with Crippen LogP contribution in [0.3, 0.4) is 0 Å². The van der Waals surface area contributed by atoms with E-state index in [0.717, 1.165) is 18.4 Å². The average molecular weight is 302 g/mol. The Balaban J connectivity index is 2.26. The number of hydrogen-bond donors (Lipinski definition) is 0. The first-order valence-corrected chi connectivity index (χ1v) is 7.96. The van der Waals surface area contributed by atoms with Gasteiger partial charge in [0.1, 0.15) is 6.10 Å². The summed E-state index contributed by atoms with van der Waals surface area (Å²) in [6.45, 7) is 6.54. The van der Waals surface area contributed by atoms with Gasteiger partial charge in [-0.05, 0) is 32.9 Å². The monoisotopic (exact) mass is 302 g/mol. The van der Waals surface area contributed by atoms with E-state index in [4.69, 9.17) is 9.47 Å². The minimum absolute atomic E-state index is 0.0339. The van der Waals surface area contributed by atoms with E-state index in [0.29, 0.717) is 6.61 Å². The first-order chi connectivity index (χ1) is 10.5. The highest BCUT2D eigenvalue weighted by Crippen LogP contribution is 2.35. The molecule has 1 unspecified atom stereocenters. The normalized spacial score (nSPS) is 25.6. The van der Waals surface area contributed by atoms with Crippen molar-refractivity contribution >= 4 is 0 Å². The maximum Gasteiger partial charge on any atom is 0.163 e. The Kier molecular flexibility index (Phi) is 5.57. The highest BCUT2D eigenvalue weighted by molar-refractivity contribution is 5.20. The molecule has 0 aromatic heterocycles. The lowest BCUT2D eigenvalue weighted by atomic mass is 9.97. The number of nitrogens with zero attached hydrogens (tertiary/aromatic N) is 2. The van der Waals surface area contributed by atoms with Crippen molar-refractivity contribution in [3.8, 4) is 6.07 Å². The summed E-state index contributed by atoms with van der Waals surface area (Å²) in [6, 6.07) is 12.5. The Labute approximate surface area is 133 Å². The van der Waals surface area contributed by atoms with Gasteiger partial charge in [0, 0.05) is 0 Å². The van der Waals surface area contributed by atoms with Crippen LogP contribution < -0.4 is 0 Å². The molecule has 1 aromatic carbocycles. The lowest BCUT2D eigenvalue weighted by molar-refractivity contribution is -0.296. The molecule has 0 radical (unpaired) electrons. The quantitative estimate of drug-likeness (QED) is 0.835. The minimum Gasteiger partial charge on any atom is -0.349 e. The van der Waals surface area contributed by atoms with Crippen molar-refractivity contribution < 1.29 is 9.47 Å². The summed E-state index contributed by atoms with van der Waals surface area (Å²) in [4.78, 5) is 2.11. The molecule has 0 N–H and O–H groups in total. The van der Waals surface area contributed by atoms with Crippen molar-refractivity contribution in [2.75, 3.05) is 13.7 Å². The van der Waals surface area contributed by atoms with Gasteiger partial charge in [-0.3, -0.25) is 4.90 Å². The number of rotatable bonds is 5. The van der Waals surface area contributed by atoms with Crippen molar-refractivity contribution in [3.63, 3.8) is 0 Å². The second kappa shape index (κ2) is 7.23. The van der Waals surface area contributed by atoms with Gasteiger partial charge in [0.05, 0.1) is 24.8 Å². The van der Waals surface area contributed by atoms with Crippen LogP contribution in [0.2, 0.25) is 0 Å². The summed E-state index contributed by atoms with van der Waals surface area (Å²) in [5.41, 5.74) is 1.13. The number of ether oxygens (including phenoxy) is 2. The Bertz CT molecular complexity index is 510. The van der Waals surface area contributed by atoms with Crippen molar-refractivity contribution in [2.24, 2.45) is 0 Å². The molecule has 1 aliphatic rings. The van der Waals surface area contributed by atoms with E-state index in [9.17, 15) is 5.26 Å². The van der Waals surface area contributed by atoms with Gasteiger partial charge in [-0.2, -0.15) is 5.26 Å². The summed E-state index contributed by atoms with van der Waals surface area (Å²) < 4.78 is 12.0. The average Bonchev–Trinajstić information content (AvgIpc) is 2.52. The highest BCUT2D eigenvalue weighted by atomic mass is 16.7. The van der Waals surface area contributed by atoms with E-state index >= 15 is 0 Å². The zero-order valence-corrected chi connectivity index (χ0v) is 14.0. The van der Waals surface area contributed by atoms with Crippen molar-refractivity contribution in [2.45, 2.75) is 57.6 Å². The van der Waals surface area contributed by atoms with Crippen LogP contribution in [0.5, 0.6) is 0 Å². The van der Waals surface area contributed by atoms with E-state index in [1.807, 2.05) is 39.1 Å². The van der Waals surface area contributed by atoms with Crippen molar-refractivity contribution in [1.29, 1.82) is 5.26 Å². The molecule has 3 atom stereocenters. The van der Waals surface area contributed by atoms with E-state index in [2.05, 4.69) is 30.0 Å². The lowest BCUT2D eigenvalue weighted by Crippen LogP contribution is -2.53.